The smallest absolute Gasteiger partial charge is 0.227 e. The second-order valence-electron chi connectivity index (χ2n) is 4.33. The number of hydrogen-bond acceptors (Lipinski definition) is 4. The van der Waals surface area contributed by atoms with Crippen molar-refractivity contribution in [3.63, 3.8) is 0 Å². The summed E-state index contributed by atoms with van der Waals surface area (Å²) in [5.41, 5.74) is 0.307. The number of halogens is 2. The highest BCUT2D eigenvalue weighted by molar-refractivity contribution is 5.21. The number of aryl methyl sites for hydroxylation is 1. The standard InChI is InChI=1S/C13H15F2N3O/c1-8(11-7-10(14)3-4-12(11)15)16-6-5-13-17-9(2)18-19-13/h3-4,7-8,16H,5-6H2,1-2H3. The van der Waals surface area contributed by atoms with Crippen LogP contribution in [0.15, 0.2) is 22.7 Å². The predicted molar refractivity (Wildman–Crippen MR) is 65.5 cm³/mol. The zero-order valence-electron chi connectivity index (χ0n) is 10.8. The number of nitrogens with one attached hydrogen (secondary N) is 1. The fourth-order valence-corrected chi connectivity index (χ4v) is 1.79. The Morgan fingerprint density at radius 3 is 2.84 bits per heavy atom. The molecule has 0 bridgehead atoms. The maximum absolute atomic E-state index is 13.5. The molecule has 1 aromatic carbocycles. The van der Waals surface area contributed by atoms with Crippen molar-refractivity contribution in [3.8, 4) is 0 Å². The molecule has 0 saturated heterocycles. The Morgan fingerprint density at radius 1 is 1.37 bits per heavy atom. The normalized spacial score (nSPS) is 12.6. The minimum atomic E-state index is -0.447. The summed E-state index contributed by atoms with van der Waals surface area (Å²) in [6, 6.07) is 3.14. The van der Waals surface area contributed by atoms with Crippen molar-refractivity contribution in [2.75, 3.05) is 6.54 Å². The second kappa shape index (κ2) is 5.88. The third kappa shape index (κ3) is 3.57. The third-order valence-corrected chi connectivity index (χ3v) is 2.78. The van der Waals surface area contributed by atoms with Gasteiger partial charge in [-0.2, -0.15) is 4.98 Å². The minimum Gasteiger partial charge on any atom is -0.339 e. The van der Waals surface area contributed by atoms with Gasteiger partial charge < -0.3 is 9.84 Å². The lowest BCUT2D eigenvalue weighted by Crippen LogP contribution is -2.22. The first kappa shape index (κ1) is 13.6. The summed E-state index contributed by atoms with van der Waals surface area (Å²) in [7, 11) is 0. The van der Waals surface area contributed by atoms with Crippen LogP contribution in [0.4, 0.5) is 8.78 Å². The van der Waals surface area contributed by atoms with E-state index >= 15 is 0 Å². The molecule has 1 atom stereocenters. The van der Waals surface area contributed by atoms with Gasteiger partial charge in [-0.25, -0.2) is 8.78 Å². The molecule has 0 fully saturated rings. The summed E-state index contributed by atoms with van der Waals surface area (Å²) in [5.74, 6) is 0.240. The van der Waals surface area contributed by atoms with E-state index in [1.54, 1.807) is 13.8 Å². The maximum atomic E-state index is 13.5. The van der Waals surface area contributed by atoms with E-state index in [0.717, 1.165) is 12.1 Å². The van der Waals surface area contributed by atoms with Crippen LogP contribution >= 0.6 is 0 Å². The first-order valence-electron chi connectivity index (χ1n) is 6.04. The van der Waals surface area contributed by atoms with Crippen molar-refractivity contribution >= 4 is 0 Å². The van der Waals surface area contributed by atoms with Gasteiger partial charge in [0.25, 0.3) is 0 Å². The van der Waals surface area contributed by atoms with Crippen LogP contribution in [-0.2, 0) is 6.42 Å². The molecule has 102 valence electrons. The molecule has 0 radical (unpaired) electrons. The Hall–Kier alpha value is -1.82. The van der Waals surface area contributed by atoms with Crippen LogP contribution in [0.2, 0.25) is 0 Å². The molecule has 4 nitrogen and oxygen atoms in total. The second-order valence-corrected chi connectivity index (χ2v) is 4.33. The predicted octanol–water partition coefficient (Wildman–Crippen LogP) is 2.55. The van der Waals surface area contributed by atoms with E-state index in [4.69, 9.17) is 4.52 Å². The number of aromatic nitrogens is 2. The maximum Gasteiger partial charge on any atom is 0.227 e. The summed E-state index contributed by atoms with van der Waals surface area (Å²) in [4.78, 5) is 4.06. The quantitative estimate of drug-likeness (QED) is 0.904. The molecule has 1 N–H and O–H groups in total. The Balaban J connectivity index is 1.90. The van der Waals surface area contributed by atoms with Gasteiger partial charge in [0.1, 0.15) is 11.6 Å². The van der Waals surface area contributed by atoms with Gasteiger partial charge in [-0.1, -0.05) is 5.16 Å². The third-order valence-electron chi connectivity index (χ3n) is 2.78. The number of rotatable bonds is 5. The van der Waals surface area contributed by atoms with Crippen molar-refractivity contribution in [1.29, 1.82) is 0 Å². The van der Waals surface area contributed by atoms with Gasteiger partial charge >= 0.3 is 0 Å². The summed E-state index contributed by atoms with van der Waals surface area (Å²) < 4.78 is 31.6. The van der Waals surface area contributed by atoms with Gasteiger partial charge in [-0.05, 0) is 32.0 Å². The van der Waals surface area contributed by atoms with Crippen LogP contribution in [0.3, 0.4) is 0 Å². The molecule has 6 heteroatoms. The average Bonchev–Trinajstić information content (AvgIpc) is 2.78. The van der Waals surface area contributed by atoms with Crippen molar-refractivity contribution in [2.24, 2.45) is 0 Å². The largest absolute Gasteiger partial charge is 0.339 e. The van der Waals surface area contributed by atoms with Crippen molar-refractivity contribution in [1.82, 2.24) is 15.5 Å². The van der Waals surface area contributed by atoms with E-state index in [-0.39, 0.29) is 6.04 Å². The van der Waals surface area contributed by atoms with Gasteiger partial charge in [0.2, 0.25) is 5.89 Å². The Morgan fingerprint density at radius 2 is 2.16 bits per heavy atom. The highest BCUT2D eigenvalue weighted by Gasteiger charge is 2.12. The summed E-state index contributed by atoms with van der Waals surface area (Å²) in [6.07, 6.45) is 0.544. The minimum absolute atomic E-state index is 0.292. The van der Waals surface area contributed by atoms with E-state index in [9.17, 15) is 8.78 Å². The molecule has 0 aliphatic heterocycles. The van der Waals surface area contributed by atoms with Crippen LogP contribution in [0.1, 0.15) is 30.2 Å². The monoisotopic (exact) mass is 267 g/mol. The van der Waals surface area contributed by atoms with E-state index < -0.39 is 11.6 Å². The molecule has 1 unspecified atom stereocenters. The van der Waals surface area contributed by atoms with Crippen LogP contribution in [0.25, 0.3) is 0 Å². The fraction of sp³-hybridized carbons (Fsp3) is 0.385. The SMILES string of the molecule is Cc1noc(CCNC(C)c2cc(F)ccc2F)n1. The van der Waals surface area contributed by atoms with Gasteiger partial charge in [-0.3, -0.25) is 0 Å². The highest BCUT2D eigenvalue weighted by atomic mass is 19.1. The van der Waals surface area contributed by atoms with Gasteiger partial charge in [0, 0.05) is 24.6 Å². The van der Waals surface area contributed by atoms with Crippen LogP contribution in [0.5, 0.6) is 0 Å². The van der Waals surface area contributed by atoms with Crippen LogP contribution in [-0.4, -0.2) is 16.7 Å². The van der Waals surface area contributed by atoms with Crippen LogP contribution < -0.4 is 5.32 Å². The van der Waals surface area contributed by atoms with Gasteiger partial charge in [0.15, 0.2) is 5.82 Å². The van der Waals surface area contributed by atoms with Gasteiger partial charge in [0.05, 0.1) is 0 Å². The van der Waals surface area contributed by atoms with E-state index in [1.165, 1.54) is 6.07 Å². The lowest BCUT2D eigenvalue weighted by molar-refractivity contribution is 0.369. The molecular formula is C13H15F2N3O. The fourth-order valence-electron chi connectivity index (χ4n) is 1.79. The lowest BCUT2D eigenvalue weighted by atomic mass is 10.1. The molecule has 19 heavy (non-hydrogen) atoms. The molecule has 2 rings (SSSR count). The molecular weight excluding hydrogens is 252 g/mol. The molecule has 2 aromatic rings. The lowest BCUT2D eigenvalue weighted by Gasteiger charge is -2.14. The topological polar surface area (TPSA) is 51.0 Å². The summed E-state index contributed by atoms with van der Waals surface area (Å²) in [5, 5.41) is 6.77. The molecule has 0 saturated carbocycles. The molecule has 1 heterocycles. The molecule has 0 spiro atoms. The number of hydrogen-bond donors (Lipinski definition) is 1. The molecule has 0 aliphatic rings. The Labute approximate surface area is 109 Å². The summed E-state index contributed by atoms with van der Waals surface area (Å²) >= 11 is 0. The summed E-state index contributed by atoms with van der Waals surface area (Å²) in [6.45, 7) is 4.06. The number of nitrogens with zero attached hydrogens (tertiary/aromatic N) is 2. The zero-order chi connectivity index (χ0) is 13.8. The van der Waals surface area contributed by atoms with Crippen molar-refractivity contribution in [2.45, 2.75) is 26.3 Å². The highest BCUT2D eigenvalue weighted by Crippen LogP contribution is 2.17. The van der Waals surface area contributed by atoms with E-state index in [0.29, 0.717) is 30.2 Å². The Bertz CT molecular complexity index is 557. The van der Waals surface area contributed by atoms with Gasteiger partial charge in [-0.15, -0.1) is 0 Å². The average molecular weight is 267 g/mol. The molecule has 0 aliphatic carbocycles. The first-order chi connectivity index (χ1) is 9.06. The Kier molecular flexibility index (Phi) is 4.21. The number of benzene rings is 1. The van der Waals surface area contributed by atoms with Crippen molar-refractivity contribution < 1.29 is 13.3 Å². The van der Waals surface area contributed by atoms with E-state index in [1.807, 2.05) is 0 Å². The zero-order valence-corrected chi connectivity index (χ0v) is 10.8. The van der Waals surface area contributed by atoms with Crippen molar-refractivity contribution in [3.05, 3.63) is 47.1 Å². The van der Waals surface area contributed by atoms with E-state index in [2.05, 4.69) is 15.5 Å². The first-order valence-corrected chi connectivity index (χ1v) is 6.04. The van der Waals surface area contributed by atoms with Crippen LogP contribution in [0, 0.1) is 18.6 Å². The molecule has 1 aromatic heterocycles. The molecule has 0 amide bonds.